The number of nitrogens with zero attached hydrogens (tertiary/aromatic N) is 2. The summed E-state index contributed by atoms with van der Waals surface area (Å²) in [7, 11) is 0. The summed E-state index contributed by atoms with van der Waals surface area (Å²) in [5, 5.41) is 0. The third kappa shape index (κ3) is 4.07. The average molecular weight is 342 g/mol. The van der Waals surface area contributed by atoms with E-state index in [0.717, 1.165) is 29.9 Å². The first kappa shape index (κ1) is 18.3. The van der Waals surface area contributed by atoms with Crippen LogP contribution in [0.5, 0.6) is 0 Å². The molecule has 1 heterocycles. The van der Waals surface area contributed by atoms with E-state index in [-0.39, 0.29) is 24.6 Å². The van der Waals surface area contributed by atoms with Crippen molar-refractivity contribution in [2.24, 2.45) is 5.92 Å². The van der Waals surface area contributed by atoms with Crippen molar-refractivity contribution in [1.29, 1.82) is 0 Å². The molecule has 1 fully saturated rings. The first-order valence-electron chi connectivity index (χ1n) is 8.00. The van der Waals surface area contributed by atoms with E-state index in [9.17, 15) is 22.8 Å². The molecular weight excluding hydrogens is 321 g/mol. The Morgan fingerprint density at radius 1 is 1.25 bits per heavy atom. The Labute approximate surface area is 139 Å². The highest BCUT2D eigenvalue weighted by molar-refractivity contribution is 5.92. The second-order valence-corrected chi connectivity index (χ2v) is 6.20. The van der Waals surface area contributed by atoms with E-state index in [0.29, 0.717) is 19.0 Å². The highest BCUT2D eigenvalue weighted by Crippen LogP contribution is 2.24. The molecule has 1 aromatic rings. The molecule has 7 heteroatoms. The van der Waals surface area contributed by atoms with Gasteiger partial charge in [0.15, 0.2) is 17.5 Å². The molecular formula is C17H21F3N2O2. The van der Waals surface area contributed by atoms with E-state index < -0.39 is 23.4 Å². The molecule has 0 spiro atoms. The van der Waals surface area contributed by atoms with E-state index in [4.69, 9.17) is 0 Å². The van der Waals surface area contributed by atoms with Crippen LogP contribution in [0.25, 0.3) is 0 Å². The van der Waals surface area contributed by atoms with E-state index in [1.807, 2.05) is 0 Å². The van der Waals surface area contributed by atoms with Gasteiger partial charge in [0.1, 0.15) is 0 Å². The van der Waals surface area contributed by atoms with Gasteiger partial charge in [0.2, 0.25) is 11.8 Å². The van der Waals surface area contributed by atoms with Gasteiger partial charge >= 0.3 is 0 Å². The zero-order valence-electron chi connectivity index (χ0n) is 13.8. The number of carbonyl (C=O) groups is 2. The summed E-state index contributed by atoms with van der Waals surface area (Å²) in [4.78, 5) is 26.7. The maximum absolute atomic E-state index is 13.9. The SMILES string of the molecule is CC(=O)N(CCC(=O)N1CCCC(C)C1)c1ccc(F)c(F)c1F. The van der Waals surface area contributed by atoms with Crippen molar-refractivity contribution in [3.05, 3.63) is 29.6 Å². The molecule has 4 nitrogen and oxygen atoms in total. The number of carbonyl (C=O) groups excluding carboxylic acids is 2. The van der Waals surface area contributed by atoms with Gasteiger partial charge in [0.25, 0.3) is 0 Å². The van der Waals surface area contributed by atoms with Gasteiger partial charge in [-0.1, -0.05) is 6.92 Å². The fraction of sp³-hybridized carbons (Fsp3) is 0.529. The highest BCUT2D eigenvalue weighted by atomic mass is 19.2. The number of hydrogen-bond donors (Lipinski definition) is 0. The number of anilines is 1. The summed E-state index contributed by atoms with van der Waals surface area (Å²) in [5.41, 5.74) is -0.360. The van der Waals surface area contributed by atoms with E-state index in [1.54, 1.807) is 4.90 Å². The van der Waals surface area contributed by atoms with Gasteiger partial charge in [-0.15, -0.1) is 0 Å². The Bertz CT molecular complexity index is 637. The maximum Gasteiger partial charge on any atom is 0.224 e. The Morgan fingerprint density at radius 3 is 2.58 bits per heavy atom. The number of halogens is 3. The quantitative estimate of drug-likeness (QED) is 0.789. The molecule has 0 bridgehead atoms. The van der Waals surface area contributed by atoms with Crippen molar-refractivity contribution < 1.29 is 22.8 Å². The third-order valence-corrected chi connectivity index (χ3v) is 4.24. The molecule has 2 amide bonds. The zero-order valence-corrected chi connectivity index (χ0v) is 13.8. The fourth-order valence-corrected chi connectivity index (χ4v) is 2.95. The smallest absolute Gasteiger partial charge is 0.224 e. The number of piperidine rings is 1. The van der Waals surface area contributed by atoms with Crippen LogP contribution in [0.15, 0.2) is 12.1 Å². The van der Waals surface area contributed by atoms with Crippen LogP contribution in [0.1, 0.15) is 33.1 Å². The lowest BCUT2D eigenvalue weighted by Crippen LogP contribution is -2.41. The van der Waals surface area contributed by atoms with Crippen molar-refractivity contribution in [3.63, 3.8) is 0 Å². The predicted octanol–water partition coefficient (Wildman–Crippen LogP) is 3.11. The largest absolute Gasteiger partial charge is 0.342 e. The third-order valence-electron chi connectivity index (χ3n) is 4.24. The van der Waals surface area contributed by atoms with Gasteiger partial charge in [0, 0.05) is 33.0 Å². The van der Waals surface area contributed by atoms with Crippen LogP contribution < -0.4 is 4.90 Å². The Morgan fingerprint density at radius 2 is 1.96 bits per heavy atom. The summed E-state index contributed by atoms with van der Waals surface area (Å²) in [6, 6.07) is 1.76. The van der Waals surface area contributed by atoms with E-state index in [1.165, 1.54) is 6.92 Å². The van der Waals surface area contributed by atoms with Crippen molar-refractivity contribution in [1.82, 2.24) is 4.90 Å². The molecule has 0 radical (unpaired) electrons. The standard InChI is InChI=1S/C17H21F3N2O2/c1-11-4-3-8-21(10-11)15(24)7-9-22(12(2)23)14-6-5-13(18)16(19)17(14)20/h5-6,11H,3-4,7-10H2,1-2H3. The molecule has 0 N–H and O–H groups in total. The van der Waals surface area contributed by atoms with Gasteiger partial charge in [-0.25, -0.2) is 13.2 Å². The predicted molar refractivity (Wildman–Crippen MR) is 83.9 cm³/mol. The number of rotatable bonds is 4. The van der Waals surface area contributed by atoms with Crippen molar-refractivity contribution in [3.8, 4) is 0 Å². The molecule has 0 aliphatic carbocycles. The van der Waals surface area contributed by atoms with Crippen LogP contribution in [0.2, 0.25) is 0 Å². The van der Waals surface area contributed by atoms with Gasteiger partial charge in [-0.2, -0.15) is 0 Å². The summed E-state index contributed by atoms with van der Waals surface area (Å²) >= 11 is 0. The lowest BCUT2D eigenvalue weighted by Gasteiger charge is -2.31. The second kappa shape index (κ2) is 7.68. The molecule has 2 rings (SSSR count). The van der Waals surface area contributed by atoms with Crippen LogP contribution in [-0.2, 0) is 9.59 Å². The Hall–Kier alpha value is -2.05. The molecule has 1 aliphatic heterocycles. The van der Waals surface area contributed by atoms with Gasteiger partial charge in [-0.05, 0) is 30.9 Å². The Balaban J connectivity index is 2.08. The molecule has 1 atom stereocenters. The molecule has 1 aliphatic rings. The zero-order chi connectivity index (χ0) is 17.9. The van der Waals surface area contributed by atoms with Gasteiger partial charge in [-0.3, -0.25) is 9.59 Å². The van der Waals surface area contributed by atoms with Crippen molar-refractivity contribution >= 4 is 17.5 Å². The van der Waals surface area contributed by atoms with Gasteiger partial charge in [0.05, 0.1) is 5.69 Å². The maximum atomic E-state index is 13.9. The fourth-order valence-electron chi connectivity index (χ4n) is 2.95. The molecule has 1 aromatic carbocycles. The summed E-state index contributed by atoms with van der Waals surface area (Å²) in [6.07, 6.45) is 2.01. The number of hydrogen-bond acceptors (Lipinski definition) is 2. The van der Waals surface area contributed by atoms with E-state index in [2.05, 4.69) is 6.92 Å². The van der Waals surface area contributed by atoms with Gasteiger partial charge < -0.3 is 9.80 Å². The minimum Gasteiger partial charge on any atom is -0.342 e. The van der Waals surface area contributed by atoms with Crippen molar-refractivity contribution in [2.45, 2.75) is 33.1 Å². The van der Waals surface area contributed by atoms with Crippen LogP contribution >= 0.6 is 0 Å². The molecule has 1 unspecified atom stereocenters. The van der Waals surface area contributed by atoms with Crippen molar-refractivity contribution in [2.75, 3.05) is 24.5 Å². The molecule has 132 valence electrons. The lowest BCUT2D eigenvalue weighted by atomic mass is 10.00. The first-order valence-corrected chi connectivity index (χ1v) is 8.00. The van der Waals surface area contributed by atoms with Crippen LogP contribution in [-0.4, -0.2) is 36.3 Å². The normalized spacial score (nSPS) is 17.7. The minimum atomic E-state index is -1.63. The lowest BCUT2D eigenvalue weighted by molar-refractivity contribution is -0.132. The van der Waals surface area contributed by atoms with Crippen LogP contribution in [0.4, 0.5) is 18.9 Å². The number of amides is 2. The summed E-state index contributed by atoms with van der Waals surface area (Å²) in [5.74, 6) is -4.62. The number of benzene rings is 1. The monoisotopic (exact) mass is 342 g/mol. The van der Waals surface area contributed by atoms with Crippen LogP contribution in [0, 0.1) is 23.4 Å². The van der Waals surface area contributed by atoms with Crippen LogP contribution in [0.3, 0.4) is 0 Å². The highest BCUT2D eigenvalue weighted by Gasteiger charge is 2.24. The molecule has 1 saturated heterocycles. The second-order valence-electron chi connectivity index (χ2n) is 6.20. The molecule has 0 aromatic heterocycles. The molecule has 24 heavy (non-hydrogen) atoms. The topological polar surface area (TPSA) is 40.6 Å². The Kier molecular flexibility index (Phi) is 5.85. The van der Waals surface area contributed by atoms with E-state index >= 15 is 0 Å². The summed E-state index contributed by atoms with van der Waals surface area (Å²) in [6.45, 7) is 4.51. The summed E-state index contributed by atoms with van der Waals surface area (Å²) < 4.78 is 40.3. The number of likely N-dealkylation sites (tertiary alicyclic amines) is 1. The average Bonchev–Trinajstić information content (AvgIpc) is 2.54. The first-order chi connectivity index (χ1) is 11.3. The minimum absolute atomic E-state index is 0.00470. The molecule has 0 saturated carbocycles.